The van der Waals surface area contributed by atoms with E-state index in [1.54, 1.807) is 25.5 Å². The number of nitrogens with one attached hydrogen (secondary N) is 1. The molecule has 1 aliphatic rings. The number of likely N-dealkylation sites (N-methyl/N-ethyl adjacent to an activating group) is 1. The number of aliphatic imine (C=N–C) groups is 1. The summed E-state index contributed by atoms with van der Waals surface area (Å²) in [4.78, 5) is 27.7. The quantitative estimate of drug-likeness (QED) is 0.391. The molecule has 8 nitrogen and oxygen atoms in total. The fraction of sp³-hybridized carbons (Fsp3) is 0.500. The maximum atomic E-state index is 11.1. The summed E-state index contributed by atoms with van der Waals surface area (Å²) in [6, 6.07) is 1.79. The van der Waals surface area contributed by atoms with Crippen LogP contribution in [0.2, 0.25) is 0 Å². The van der Waals surface area contributed by atoms with Gasteiger partial charge in [0.05, 0.1) is 0 Å². The minimum Gasteiger partial charge on any atom is -0.370 e. The molecule has 0 atom stereocenters. The molecule has 0 aromatic carbocycles. The summed E-state index contributed by atoms with van der Waals surface area (Å²) in [5, 5.41) is 2.51. The van der Waals surface area contributed by atoms with E-state index in [2.05, 4.69) is 25.2 Å². The maximum absolute atomic E-state index is 11.1. The van der Waals surface area contributed by atoms with E-state index in [4.69, 9.17) is 5.73 Å². The lowest BCUT2D eigenvalue weighted by Crippen LogP contribution is -2.51. The van der Waals surface area contributed by atoms with Gasteiger partial charge in [0, 0.05) is 45.6 Å². The molecule has 0 spiro atoms. The van der Waals surface area contributed by atoms with Gasteiger partial charge in [-0.3, -0.25) is 4.79 Å². The van der Waals surface area contributed by atoms with Gasteiger partial charge in [0.2, 0.25) is 11.9 Å². The van der Waals surface area contributed by atoms with E-state index in [1.165, 1.54) is 0 Å². The topological polar surface area (TPSA) is 99.7 Å². The molecule has 0 aliphatic carbocycles. The van der Waals surface area contributed by atoms with Gasteiger partial charge >= 0.3 is 0 Å². The Bertz CT molecular complexity index is 474. The maximum Gasteiger partial charge on any atom is 0.241 e. The minimum atomic E-state index is -0.149. The van der Waals surface area contributed by atoms with Gasteiger partial charge in [0.1, 0.15) is 6.54 Å². The number of halogens is 1. The number of rotatable bonds is 3. The molecule has 2 heterocycles. The Hall–Kier alpha value is -1.65. The number of anilines is 1. The molecular weight excluding hydrogens is 385 g/mol. The van der Waals surface area contributed by atoms with Gasteiger partial charge in [0.15, 0.2) is 5.96 Å². The summed E-state index contributed by atoms with van der Waals surface area (Å²) >= 11 is 0. The number of carbonyl (C=O) groups excluding carboxylic acids is 1. The predicted molar refractivity (Wildman–Crippen MR) is 91.8 cm³/mol. The Morgan fingerprint density at radius 2 is 1.95 bits per heavy atom. The molecule has 116 valence electrons. The van der Waals surface area contributed by atoms with Crippen LogP contribution in [0.5, 0.6) is 0 Å². The van der Waals surface area contributed by atoms with E-state index in [0.717, 1.165) is 32.1 Å². The molecule has 0 saturated carbocycles. The van der Waals surface area contributed by atoms with Crippen molar-refractivity contribution in [3.8, 4) is 0 Å². The zero-order valence-corrected chi connectivity index (χ0v) is 14.2. The normalized spacial score (nSPS) is 15.4. The highest BCUT2D eigenvalue weighted by molar-refractivity contribution is 14.0. The first-order chi connectivity index (χ1) is 9.70. The summed E-state index contributed by atoms with van der Waals surface area (Å²) in [6.45, 7) is 3.09. The third-order valence-electron chi connectivity index (χ3n) is 3.10. The van der Waals surface area contributed by atoms with Crippen LogP contribution in [-0.2, 0) is 4.79 Å². The van der Waals surface area contributed by atoms with Crippen molar-refractivity contribution < 1.29 is 4.79 Å². The third kappa shape index (κ3) is 4.99. The second-order valence-corrected chi connectivity index (χ2v) is 4.37. The van der Waals surface area contributed by atoms with Crippen molar-refractivity contribution >= 4 is 41.8 Å². The van der Waals surface area contributed by atoms with E-state index in [-0.39, 0.29) is 36.4 Å². The van der Waals surface area contributed by atoms with Gasteiger partial charge < -0.3 is 20.9 Å². The van der Waals surface area contributed by atoms with Crippen LogP contribution in [0.15, 0.2) is 23.5 Å². The average molecular weight is 405 g/mol. The summed E-state index contributed by atoms with van der Waals surface area (Å²) in [7, 11) is 1.58. The SMILES string of the molecule is CNC(=O)CN=C(N)N1CCN(c2ncccn2)CC1.I. The Balaban J connectivity index is 0.00000220. The lowest BCUT2D eigenvalue weighted by atomic mass is 10.3. The smallest absolute Gasteiger partial charge is 0.241 e. The number of amides is 1. The molecule has 2 rings (SSSR count). The Kier molecular flexibility index (Phi) is 7.12. The third-order valence-corrected chi connectivity index (χ3v) is 3.10. The monoisotopic (exact) mass is 405 g/mol. The number of nitrogens with two attached hydrogens (primary N) is 1. The fourth-order valence-electron chi connectivity index (χ4n) is 1.92. The average Bonchev–Trinajstić information content (AvgIpc) is 2.53. The van der Waals surface area contributed by atoms with Crippen LogP contribution in [0.25, 0.3) is 0 Å². The molecular formula is C12H20IN7O. The molecule has 1 fully saturated rings. The molecule has 1 amide bonds. The van der Waals surface area contributed by atoms with Gasteiger partial charge in [-0.1, -0.05) is 0 Å². The molecule has 0 unspecified atom stereocenters. The second-order valence-electron chi connectivity index (χ2n) is 4.37. The molecule has 9 heteroatoms. The van der Waals surface area contributed by atoms with Crippen LogP contribution in [0.1, 0.15) is 0 Å². The highest BCUT2D eigenvalue weighted by Crippen LogP contribution is 2.09. The second kappa shape index (κ2) is 8.60. The van der Waals surface area contributed by atoms with Crippen LogP contribution in [-0.4, -0.2) is 66.5 Å². The van der Waals surface area contributed by atoms with E-state index >= 15 is 0 Å². The van der Waals surface area contributed by atoms with Gasteiger partial charge in [-0.15, -0.1) is 24.0 Å². The van der Waals surface area contributed by atoms with Gasteiger partial charge in [-0.05, 0) is 6.07 Å². The van der Waals surface area contributed by atoms with Crippen molar-refractivity contribution in [1.29, 1.82) is 0 Å². The van der Waals surface area contributed by atoms with Crippen LogP contribution in [0.3, 0.4) is 0 Å². The molecule has 21 heavy (non-hydrogen) atoms. The summed E-state index contributed by atoms with van der Waals surface area (Å²) in [5.74, 6) is 0.986. The Morgan fingerprint density at radius 3 is 2.52 bits per heavy atom. The van der Waals surface area contributed by atoms with Crippen molar-refractivity contribution in [2.45, 2.75) is 0 Å². The summed E-state index contributed by atoms with van der Waals surface area (Å²) < 4.78 is 0. The zero-order chi connectivity index (χ0) is 14.4. The van der Waals surface area contributed by atoms with Crippen LogP contribution in [0.4, 0.5) is 5.95 Å². The molecule has 0 bridgehead atoms. The van der Waals surface area contributed by atoms with Crippen molar-refractivity contribution in [2.24, 2.45) is 10.7 Å². The van der Waals surface area contributed by atoms with Crippen LogP contribution < -0.4 is 16.0 Å². The molecule has 1 aromatic heterocycles. The molecule has 0 radical (unpaired) electrons. The lowest BCUT2D eigenvalue weighted by Gasteiger charge is -2.35. The fourth-order valence-corrected chi connectivity index (χ4v) is 1.92. The van der Waals surface area contributed by atoms with Crippen molar-refractivity contribution in [3.63, 3.8) is 0 Å². The molecule has 1 saturated heterocycles. The number of nitrogens with zero attached hydrogens (tertiary/aromatic N) is 5. The minimum absolute atomic E-state index is 0. The van der Waals surface area contributed by atoms with Crippen LogP contribution in [0, 0.1) is 0 Å². The summed E-state index contributed by atoms with van der Waals surface area (Å²) in [5.41, 5.74) is 5.88. The largest absolute Gasteiger partial charge is 0.370 e. The number of piperazine rings is 1. The number of carbonyl (C=O) groups is 1. The first kappa shape index (κ1) is 17.4. The lowest BCUT2D eigenvalue weighted by molar-refractivity contribution is -0.119. The Labute approximate surface area is 140 Å². The van der Waals surface area contributed by atoms with E-state index < -0.39 is 0 Å². The number of hydrogen-bond donors (Lipinski definition) is 2. The highest BCUT2D eigenvalue weighted by Gasteiger charge is 2.19. The first-order valence-corrected chi connectivity index (χ1v) is 6.48. The highest BCUT2D eigenvalue weighted by atomic mass is 127. The predicted octanol–water partition coefficient (Wildman–Crippen LogP) is -0.723. The zero-order valence-electron chi connectivity index (χ0n) is 11.9. The molecule has 3 N–H and O–H groups in total. The molecule has 1 aliphatic heterocycles. The van der Waals surface area contributed by atoms with Crippen molar-refractivity contribution in [3.05, 3.63) is 18.5 Å². The number of guanidine groups is 1. The number of hydrogen-bond acceptors (Lipinski definition) is 5. The van der Waals surface area contributed by atoms with Gasteiger partial charge in [0.25, 0.3) is 0 Å². The van der Waals surface area contributed by atoms with Gasteiger partial charge in [-0.2, -0.15) is 0 Å². The number of aromatic nitrogens is 2. The standard InChI is InChI=1S/C12H19N7O.HI/c1-14-10(20)9-17-11(13)18-5-7-19(8-6-18)12-15-3-2-4-16-12;/h2-4H,5-9H2,1H3,(H2,13,17)(H,14,20);1H. The Morgan fingerprint density at radius 1 is 1.33 bits per heavy atom. The van der Waals surface area contributed by atoms with E-state index in [9.17, 15) is 4.79 Å². The summed E-state index contributed by atoms with van der Waals surface area (Å²) in [6.07, 6.45) is 3.46. The van der Waals surface area contributed by atoms with E-state index in [0.29, 0.717) is 5.96 Å². The van der Waals surface area contributed by atoms with Crippen LogP contribution >= 0.6 is 24.0 Å². The van der Waals surface area contributed by atoms with Gasteiger partial charge in [-0.25, -0.2) is 15.0 Å². The molecule has 1 aromatic rings. The van der Waals surface area contributed by atoms with Crippen molar-refractivity contribution in [2.75, 3.05) is 44.7 Å². The van der Waals surface area contributed by atoms with Crippen molar-refractivity contribution in [1.82, 2.24) is 20.2 Å². The van der Waals surface area contributed by atoms with E-state index in [1.807, 2.05) is 4.90 Å². The first-order valence-electron chi connectivity index (χ1n) is 6.48.